The zero-order valence-corrected chi connectivity index (χ0v) is 15.4. The lowest BCUT2D eigenvalue weighted by atomic mass is 10.1. The summed E-state index contributed by atoms with van der Waals surface area (Å²) in [7, 11) is -3.62. The molecule has 2 N–H and O–H groups in total. The number of rotatable bonds is 8. The summed E-state index contributed by atoms with van der Waals surface area (Å²) in [6.07, 6.45) is 1.57. The Morgan fingerprint density at radius 1 is 1.20 bits per heavy atom. The van der Waals surface area contributed by atoms with Crippen molar-refractivity contribution in [2.24, 2.45) is 5.92 Å². The molecule has 0 bridgehead atoms. The Kier molecular flexibility index (Phi) is 5.84. The van der Waals surface area contributed by atoms with Crippen molar-refractivity contribution in [3.8, 4) is 0 Å². The molecule has 0 saturated heterocycles. The number of nitrogens with zero attached hydrogens (tertiary/aromatic N) is 1. The summed E-state index contributed by atoms with van der Waals surface area (Å²) in [5, 5.41) is 9.20. The van der Waals surface area contributed by atoms with Gasteiger partial charge in [-0.1, -0.05) is 13.8 Å². The van der Waals surface area contributed by atoms with Crippen molar-refractivity contribution >= 4 is 21.9 Å². The van der Waals surface area contributed by atoms with Crippen LogP contribution in [-0.2, 0) is 14.8 Å². The molecular formula is C17H24N2O5S. The molecule has 0 radical (unpaired) electrons. The second-order valence-electron chi connectivity index (χ2n) is 6.73. The van der Waals surface area contributed by atoms with E-state index in [9.17, 15) is 23.1 Å². The number of hydrogen-bond acceptors (Lipinski definition) is 4. The van der Waals surface area contributed by atoms with E-state index in [4.69, 9.17) is 0 Å². The van der Waals surface area contributed by atoms with Crippen LogP contribution in [-0.4, -0.2) is 48.9 Å². The van der Waals surface area contributed by atoms with Gasteiger partial charge in [0.05, 0.1) is 4.90 Å². The fourth-order valence-electron chi connectivity index (χ4n) is 2.42. The van der Waals surface area contributed by atoms with E-state index in [0.717, 1.165) is 12.8 Å². The third kappa shape index (κ3) is 4.79. The summed E-state index contributed by atoms with van der Waals surface area (Å²) in [6.45, 7) is 5.61. The molecule has 7 nitrogen and oxygen atoms in total. The topological polar surface area (TPSA) is 104 Å². The molecule has 1 atom stereocenters. The minimum absolute atomic E-state index is 0.0604. The van der Waals surface area contributed by atoms with E-state index >= 15 is 0 Å². The molecule has 0 aliphatic heterocycles. The predicted octanol–water partition coefficient (Wildman–Crippen LogP) is 1.70. The highest BCUT2D eigenvalue weighted by Gasteiger charge is 2.38. The van der Waals surface area contributed by atoms with Crippen LogP contribution in [0.15, 0.2) is 29.2 Å². The number of hydrogen-bond donors (Lipinski definition) is 2. The fourth-order valence-corrected chi connectivity index (χ4v) is 3.63. The molecule has 1 aliphatic carbocycles. The van der Waals surface area contributed by atoms with Crippen molar-refractivity contribution in [1.82, 2.24) is 9.62 Å². The van der Waals surface area contributed by atoms with Gasteiger partial charge in [-0.2, -0.15) is 0 Å². The first-order valence-electron chi connectivity index (χ1n) is 8.28. The van der Waals surface area contributed by atoms with E-state index in [-0.39, 0.29) is 22.4 Å². The smallest absolute Gasteiger partial charge is 0.326 e. The van der Waals surface area contributed by atoms with Crippen molar-refractivity contribution in [3.63, 3.8) is 0 Å². The Morgan fingerprint density at radius 2 is 1.76 bits per heavy atom. The first kappa shape index (κ1) is 19.4. The summed E-state index contributed by atoms with van der Waals surface area (Å²) in [5.74, 6) is -1.27. The van der Waals surface area contributed by atoms with Crippen LogP contribution in [0.3, 0.4) is 0 Å². The SMILES string of the molecule is CC(C)CNS(=O)(=O)c1ccc(C(=O)N(C2CC2)C(C)C(=O)O)cc1. The van der Waals surface area contributed by atoms with E-state index in [0.29, 0.717) is 6.54 Å². The zero-order valence-electron chi connectivity index (χ0n) is 14.6. The average molecular weight is 368 g/mol. The monoisotopic (exact) mass is 368 g/mol. The van der Waals surface area contributed by atoms with Crippen LogP contribution in [0.5, 0.6) is 0 Å². The molecular weight excluding hydrogens is 344 g/mol. The standard InChI is InChI=1S/C17H24N2O5S/c1-11(2)10-18-25(23,24)15-8-4-13(5-9-15)16(20)19(14-6-7-14)12(3)17(21)22/h4-5,8-9,11-12,14,18H,6-7,10H2,1-3H3,(H,21,22). The zero-order chi connectivity index (χ0) is 18.8. The Hall–Kier alpha value is -1.93. The highest BCUT2D eigenvalue weighted by Crippen LogP contribution is 2.30. The number of aliphatic carboxylic acids is 1. The molecule has 1 aliphatic rings. The molecule has 0 heterocycles. The molecule has 1 unspecified atom stereocenters. The van der Waals surface area contributed by atoms with Gasteiger partial charge < -0.3 is 10.0 Å². The van der Waals surface area contributed by atoms with E-state index in [2.05, 4.69) is 4.72 Å². The second kappa shape index (κ2) is 7.53. The second-order valence-corrected chi connectivity index (χ2v) is 8.49. The maximum absolute atomic E-state index is 12.6. The molecule has 2 rings (SSSR count). The molecule has 25 heavy (non-hydrogen) atoms. The van der Waals surface area contributed by atoms with Crippen molar-refractivity contribution in [3.05, 3.63) is 29.8 Å². The van der Waals surface area contributed by atoms with Gasteiger partial charge in [0.15, 0.2) is 0 Å². The number of benzene rings is 1. The van der Waals surface area contributed by atoms with Crippen molar-refractivity contribution in [2.75, 3.05) is 6.54 Å². The Balaban J connectivity index is 2.18. The van der Waals surface area contributed by atoms with Gasteiger partial charge in [-0.15, -0.1) is 0 Å². The van der Waals surface area contributed by atoms with Crippen LogP contribution in [0, 0.1) is 5.92 Å². The number of carbonyl (C=O) groups is 2. The van der Waals surface area contributed by atoms with Crippen LogP contribution in [0.1, 0.15) is 44.0 Å². The lowest BCUT2D eigenvalue weighted by molar-refractivity contribution is -0.141. The number of nitrogens with one attached hydrogen (secondary N) is 1. The van der Waals surface area contributed by atoms with Gasteiger partial charge in [0.1, 0.15) is 6.04 Å². The molecule has 0 aromatic heterocycles. The average Bonchev–Trinajstić information content (AvgIpc) is 3.38. The van der Waals surface area contributed by atoms with Crippen LogP contribution in [0.25, 0.3) is 0 Å². The summed E-state index contributed by atoms with van der Waals surface area (Å²) in [4.78, 5) is 25.3. The van der Waals surface area contributed by atoms with Gasteiger partial charge in [-0.3, -0.25) is 4.79 Å². The third-order valence-corrected chi connectivity index (χ3v) is 5.48. The molecule has 1 amide bonds. The first-order valence-corrected chi connectivity index (χ1v) is 9.77. The Labute approximate surface area is 148 Å². The highest BCUT2D eigenvalue weighted by molar-refractivity contribution is 7.89. The highest BCUT2D eigenvalue weighted by atomic mass is 32.2. The molecule has 1 saturated carbocycles. The van der Waals surface area contributed by atoms with Gasteiger partial charge in [-0.05, 0) is 49.9 Å². The molecule has 1 fully saturated rings. The lowest BCUT2D eigenvalue weighted by Gasteiger charge is -2.26. The number of carboxylic acids is 1. The van der Waals surface area contributed by atoms with Crippen molar-refractivity contribution in [2.45, 2.75) is 50.6 Å². The van der Waals surface area contributed by atoms with Crippen molar-refractivity contribution < 1.29 is 23.1 Å². The minimum atomic E-state index is -3.62. The van der Waals surface area contributed by atoms with Crippen LogP contribution in [0.2, 0.25) is 0 Å². The van der Waals surface area contributed by atoms with Crippen LogP contribution in [0.4, 0.5) is 0 Å². The largest absolute Gasteiger partial charge is 0.480 e. The van der Waals surface area contributed by atoms with E-state index in [1.807, 2.05) is 13.8 Å². The first-order chi connectivity index (χ1) is 11.6. The molecule has 1 aromatic carbocycles. The van der Waals surface area contributed by atoms with Crippen LogP contribution < -0.4 is 4.72 Å². The minimum Gasteiger partial charge on any atom is -0.480 e. The normalized spacial score (nSPS) is 15.8. The summed E-state index contributed by atoms with van der Waals surface area (Å²) in [6, 6.07) is 4.61. The predicted molar refractivity (Wildman–Crippen MR) is 92.8 cm³/mol. The lowest BCUT2D eigenvalue weighted by Crippen LogP contribution is -2.44. The van der Waals surface area contributed by atoms with Crippen molar-refractivity contribution in [1.29, 1.82) is 0 Å². The maximum atomic E-state index is 12.6. The quantitative estimate of drug-likeness (QED) is 0.727. The van der Waals surface area contributed by atoms with Gasteiger partial charge in [-0.25, -0.2) is 17.9 Å². The van der Waals surface area contributed by atoms with E-state index in [1.165, 1.54) is 36.1 Å². The molecule has 0 spiro atoms. The Morgan fingerprint density at radius 3 is 2.20 bits per heavy atom. The van der Waals surface area contributed by atoms with E-state index in [1.54, 1.807) is 0 Å². The van der Waals surface area contributed by atoms with Gasteiger partial charge in [0.2, 0.25) is 10.0 Å². The van der Waals surface area contributed by atoms with Gasteiger partial charge in [0.25, 0.3) is 5.91 Å². The Bertz CT molecular complexity index is 739. The molecule has 8 heteroatoms. The summed E-state index contributed by atoms with van der Waals surface area (Å²) < 4.78 is 26.9. The maximum Gasteiger partial charge on any atom is 0.326 e. The van der Waals surface area contributed by atoms with Crippen LogP contribution >= 0.6 is 0 Å². The molecule has 138 valence electrons. The number of sulfonamides is 1. The van der Waals surface area contributed by atoms with Gasteiger partial charge >= 0.3 is 5.97 Å². The fraction of sp³-hybridized carbons (Fsp3) is 0.529. The summed E-state index contributed by atoms with van der Waals surface area (Å²) in [5.41, 5.74) is 0.280. The summed E-state index contributed by atoms with van der Waals surface area (Å²) >= 11 is 0. The van der Waals surface area contributed by atoms with E-state index < -0.39 is 27.9 Å². The number of carbonyl (C=O) groups excluding carboxylic acids is 1. The number of amides is 1. The van der Waals surface area contributed by atoms with Gasteiger partial charge in [0, 0.05) is 18.2 Å². The molecule has 1 aromatic rings. The number of carboxylic acid groups (broad SMARTS) is 1. The third-order valence-electron chi connectivity index (χ3n) is 4.04.